The molecule has 0 N–H and O–H groups in total. The van der Waals surface area contributed by atoms with Gasteiger partial charge in [-0.25, -0.2) is 0 Å². The number of carbonyl (C=O) groups excluding carboxylic acids is 1. The van der Waals surface area contributed by atoms with Gasteiger partial charge in [-0.2, -0.15) is 0 Å². The van der Waals surface area contributed by atoms with E-state index in [1.807, 2.05) is 30.3 Å². The summed E-state index contributed by atoms with van der Waals surface area (Å²) >= 11 is 0. The first kappa shape index (κ1) is 15.4. The molecule has 1 atom stereocenters. The molecule has 2 aliphatic rings. The minimum atomic E-state index is 0.154. The van der Waals surface area contributed by atoms with Crippen LogP contribution in [0.4, 0.5) is 0 Å². The molecular formula is C21H24N2O. The van der Waals surface area contributed by atoms with Crippen LogP contribution < -0.4 is 0 Å². The van der Waals surface area contributed by atoms with Gasteiger partial charge in [-0.15, -0.1) is 0 Å². The molecule has 2 aliphatic heterocycles. The summed E-state index contributed by atoms with van der Waals surface area (Å²) in [6, 6.07) is 18.3. The van der Waals surface area contributed by atoms with Gasteiger partial charge in [0.15, 0.2) is 0 Å². The highest BCUT2D eigenvalue weighted by molar-refractivity contribution is 5.94. The van der Waals surface area contributed by atoms with Crippen LogP contribution in [0.2, 0.25) is 0 Å². The zero-order valence-corrected chi connectivity index (χ0v) is 14.2. The molecule has 124 valence electrons. The normalized spacial score (nSPS) is 24.0. The van der Waals surface area contributed by atoms with Gasteiger partial charge < -0.3 is 9.80 Å². The largest absolute Gasteiger partial charge is 0.334 e. The number of nitrogens with zero attached hydrogens (tertiary/aromatic N) is 2. The second-order valence-electron chi connectivity index (χ2n) is 7.46. The molecule has 1 fully saturated rings. The summed E-state index contributed by atoms with van der Waals surface area (Å²) in [7, 11) is 2.19. The van der Waals surface area contributed by atoms with Crippen LogP contribution in [0.25, 0.3) is 0 Å². The monoisotopic (exact) mass is 320 g/mol. The topological polar surface area (TPSA) is 23.6 Å². The molecule has 2 aromatic rings. The maximum Gasteiger partial charge on any atom is 0.254 e. The predicted molar refractivity (Wildman–Crippen MR) is 95.9 cm³/mol. The van der Waals surface area contributed by atoms with Crippen LogP contribution in [0.3, 0.4) is 0 Å². The Morgan fingerprint density at radius 3 is 2.38 bits per heavy atom. The minimum absolute atomic E-state index is 0.154. The number of hydrogen-bond acceptors (Lipinski definition) is 2. The molecule has 24 heavy (non-hydrogen) atoms. The summed E-state index contributed by atoms with van der Waals surface area (Å²) in [6.45, 7) is 3.75. The van der Waals surface area contributed by atoms with Crippen molar-refractivity contribution < 1.29 is 4.79 Å². The Labute approximate surface area is 143 Å². The number of carbonyl (C=O) groups is 1. The molecule has 0 saturated carbocycles. The zero-order valence-electron chi connectivity index (χ0n) is 14.2. The summed E-state index contributed by atoms with van der Waals surface area (Å²) in [6.07, 6.45) is 2.24. The van der Waals surface area contributed by atoms with Crippen molar-refractivity contribution in [3.63, 3.8) is 0 Å². The maximum absolute atomic E-state index is 13.1. The average molecular weight is 320 g/mol. The lowest BCUT2D eigenvalue weighted by Crippen LogP contribution is -2.41. The van der Waals surface area contributed by atoms with E-state index in [2.05, 4.69) is 41.1 Å². The van der Waals surface area contributed by atoms with Crippen LogP contribution in [-0.4, -0.2) is 42.4 Å². The lowest BCUT2D eigenvalue weighted by molar-refractivity contribution is 0.0660. The van der Waals surface area contributed by atoms with E-state index in [0.717, 1.165) is 44.6 Å². The van der Waals surface area contributed by atoms with Crippen LogP contribution in [0.15, 0.2) is 54.6 Å². The lowest BCUT2D eigenvalue weighted by Gasteiger charge is -2.33. The van der Waals surface area contributed by atoms with E-state index in [9.17, 15) is 4.79 Å². The molecule has 2 aromatic carbocycles. The number of amides is 1. The molecule has 3 heteroatoms. The van der Waals surface area contributed by atoms with Crippen molar-refractivity contribution in [1.29, 1.82) is 0 Å². The zero-order chi connectivity index (χ0) is 16.6. The summed E-state index contributed by atoms with van der Waals surface area (Å²) in [5.41, 5.74) is 3.69. The highest BCUT2D eigenvalue weighted by Crippen LogP contribution is 2.38. The molecule has 0 aliphatic carbocycles. The number of likely N-dealkylation sites (tertiary alicyclic amines) is 1. The van der Waals surface area contributed by atoms with Gasteiger partial charge in [-0.3, -0.25) is 4.79 Å². The highest BCUT2D eigenvalue weighted by Gasteiger charge is 2.41. The number of hydrogen-bond donors (Lipinski definition) is 0. The predicted octanol–water partition coefficient (Wildman–Crippen LogP) is 3.21. The summed E-state index contributed by atoms with van der Waals surface area (Å²) < 4.78 is 0. The summed E-state index contributed by atoms with van der Waals surface area (Å²) in [4.78, 5) is 17.6. The first-order valence-corrected chi connectivity index (χ1v) is 8.75. The maximum atomic E-state index is 13.1. The average Bonchev–Trinajstić information content (AvgIpc) is 2.87. The van der Waals surface area contributed by atoms with Crippen LogP contribution >= 0.6 is 0 Å². The first-order chi connectivity index (χ1) is 11.7. The molecule has 1 saturated heterocycles. The second kappa shape index (κ2) is 6.06. The van der Waals surface area contributed by atoms with E-state index in [4.69, 9.17) is 0 Å². The van der Waals surface area contributed by atoms with Gasteiger partial charge in [-0.05, 0) is 49.7 Å². The molecule has 3 nitrogen and oxygen atoms in total. The Kier molecular flexibility index (Phi) is 3.89. The third kappa shape index (κ3) is 2.84. The minimum Gasteiger partial charge on any atom is -0.334 e. The van der Waals surface area contributed by atoms with Crippen LogP contribution in [0, 0.1) is 5.41 Å². The number of fused-ring (bicyclic) bond motifs is 1. The Morgan fingerprint density at radius 2 is 1.67 bits per heavy atom. The SMILES string of the molecule is CN1CCC2(Cc3ccccc3CN(C(=O)c3ccccc3)C2)C1. The number of benzene rings is 2. The fraction of sp³-hybridized carbons (Fsp3) is 0.381. The van der Waals surface area contributed by atoms with Crippen molar-refractivity contribution in [2.75, 3.05) is 26.7 Å². The number of rotatable bonds is 1. The van der Waals surface area contributed by atoms with Gasteiger partial charge in [-0.1, -0.05) is 42.5 Å². The van der Waals surface area contributed by atoms with Crippen LogP contribution in [0.1, 0.15) is 27.9 Å². The Morgan fingerprint density at radius 1 is 0.958 bits per heavy atom. The third-order valence-electron chi connectivity index (χ3n) is 5.51. The Bertz CT molecular complexity index is 743. The van der Waals surface area contributed by atoms with Crippen LogP contribution in [0.5, 0.6) is 0 Å². The lowest BCUT2D eigenvalue weighted by atomic mass is 9.80. The van der Waals surface area contributed by atoms with E-state index in [0.29, 0.717) is 0 Å². The van der Waals surface area contributed by atoms with Crippen molar-refractivity contribution in [3.05, 3.63) is 71.3 Å². The molecule has 1 amide bonds. The Balaban J connectivity index is 1.71. The highest BCUT2D eigenvalue weighted by atomic mass is 16.2. The van der Waals surface area contributed by atoms with Crippen molar-refractivity contribution in [3.8, 4) is 0 Å². The molecule has 0 aromatic heterocycles. The molecule has 2 heterocycles. The van der Waals surface area contributed by atoms with Gasteiger partial charge in [0.2, 0.25) is 0 Å². The Hall–Kier alpha value is -2.13. The molecule has 1 unspecified atom stereocenters. The van der Waals surface area contributed by atoms with Crippen molar-refractivity contribution in [2.24, 2.45) is 5.41 Å². The standard InChI is InChI=1S/C21H24N2O/c1-22-12-11-21(15-22)13-18-9-5-6-10-19(18)14-23(16-21)20(24)17-7-3-2-4-8-17/h2-10H,11-16H2,1H3. The fourth-order valence-electron chi connectivity index (χ4n) is 4.35. The molecule has 0 radical (unpaired) electrons. The van der Waals surface area contributed by atoms with E-state index < -0.39 is 0 Å². The van der Waals surface area contributed by atoms with Gasteiger partial charge in [0.25, 0.3) is 5.91 Å². The smallest absolute Gasteiger partial charge is 0.254 e. The van der Waals surface area contributed by atoms with Crippen molar-refractivity contribution in [1.82, 2.24) is 9.80 Å². The van der Waals surface area contributed by atoms with Crippen molar-refractivity contribution >= 4 is 5.91 Å². The quantitative estimate of drug-likeness (QED) is 0.805. The summed E-state index contributed by atoms with van der Waals surface area (Å²) in [5.74, 6) is 0.154. The van der Waals surface area contributed by atoms with Gasteiger partial charge in [0, 0.05) is 30.6 Å². The summed E-state index contributed by atoms with van der Waals surface area (Å²) in [5, 5.41) is 0. The molecule has 4 rings (SSSR count). The van der Waals surface area contributed by atoms with Gasteiger partial charge >= 0.3 is 0 Å². The third-order valence-corrected chi connectivity index (χ3v) is 5.51. The van der Waals surface area contributed by atoms with E-state index in [-0.39, 0.29) is 11.3 Å². The van der Waals surface area contributed by atoms with Crippen molar-refractivity contribution in [2.45, 2.75) is 19.4 Å². The second-order valence-corrected chi connectivity index (χ2v) is 7.46. The van der Waals surface area contributed by atoms with E-state index >= 15 is 0 Å². The molecule has 1 spiro atoms. The van der Waals surface area contributed by atoms with E-state index in [1.54, 1.807) is 0 Å². The molecule has 0 bridgehead atoms. The van der Waals surface area contributed by atoms with E-state index in [1.165, 1.54) is 11.1 Å². The molecular weight excluding hydrogens is 296 g/mol. The van der Waals surface area contributed by atoms with Gasteiger partial charge in [0.05, 0.1) is 0 Å². The van der Waals surface area contributed by atoms with Gasteiger partial charge in [0.1, 0.15) is 0 Å². The fourth-order valence-corrected chi connectivity index (χ4v) is 4.35. The first-order valence-electron chi connectivity index (χ1n) is 8.75. The van der Waals surface area contributed by atoms with Crippen LogP contribution in [-0.2, 0) is 13.0 Å².